The van der Waals surface area contributed by atoms with Crippen LogP contribution in [0.1, 0.15) is 55.0 Å². The highest BCUT2D eigenvalue weighted by atomic mass is 32.2. The topological polar surface area (TPSA) is 62.7 Å². The van der Waals surface area contributed by atoms with Crippen molar-refractivity contribution >= 4 is 11.8 Å². The van der Waals surface area contributed by atoms with Gasteiger partial charge in [0.05, 0.1) is 11.6 Å². The molecule has 0 atom stereocenters. The molecule has 1 aromatic carbocycles. The first-order chi connectivity index (χ1) is 10.4. The minimum absolute atomic E-state index is 0.437. The van der Waals surface area contributed by atoms with Gasteiger partial charge in [0.25, 0.3) is 5.22 Å². The molecular weight excluding hydrogens is 282 g/mol. The van der Waals surface area contributed by atoms with E-state index in [4.69, 9.17) is 9.68 Å². The molecule has 1 aliphatic rings. The van der Waals surface area contributed by atoms with Crippen molar-refractivity contribution in [2.75, 3.05) is 0 Å². The second-order valence-electron chi connectivity index (χ2n) is 5.30. The van der Waals surface area contributed by atoms with Gasteiger partial charge in [0.2, 0.25) is 5.89 Å². The molecular formula is C16H17N3OS. The van der Waals surface area contributed by atoms with Gasteiger partial charge in [0, 0.05) is 11.7 Å². The Bertz CT molecular complexity index is 641. The van der Waals surface area contributed by atoms with Gasteiger partial charge in [0.1, 0.15) is 0 Å². The van der Waals surface area contributed by atoms with Crippen molar-refractivity contribution in [3.63, 3.8) is 0 Å². The van der Waals surface area contributed by atoms with Crippen molar-refractivity contribution in [3.05, 3.63) is 41.3 Å². The van der Waals surface area contributed by atoms with Crippen LogP contribution in [-0.2, 0) is 5.75 Å². The third kappa shape index (κ3) is 3.45. The summed E-state index contributed by atoms with van der Waals surface area (Å²) in [5.41, 5.74) is 1.71. The van der Waals surface area contributed by atoms with Gasteiger partial charge < -0.3 is 4.42 Å². The van der Waals surface area contributed by atoms with Gasteiger partial charge in [-0.15, -0.1) is 10.2 Å². The minimum Gasteiger partial charge on any atom is -0.416 e. The highest BCUT2D eigenvalue weighted by Gasteiger charge is 2.21. The summed E-state index contributed by atoms with van der Waals surface area (Å²) in [4.78, 5) is 0. The van der Waals surface area contributed by atoms with Crippen molar-refractivity contribution < 1.29 is 4.42 Å². The van der Waals surface area contributed by atoms with Gasteiger partial charge in [-0.1, -0.05) is 49.2 Å². The Morgan fingerprint density at radius 1 is 1.19 bits per heavy atom. The molecule has 3 rings (SSSR count). The maximum Gasteiger partial charge on any atom is 0.276 e. The Balaban J connectivity index is 1.63. The summed E-state index contributed by atoms with van der Waals surface area (Å²) in [7, 11) is 0. The smallest absolute Gasteiger partial charge is 0.276 e. The first-order valence-electron chi connectivity index (χ1n) is 7.31. The number of thioether (sulfide) groups is 1. The summed E-state index contributed by atoms with van der Waals surface area (Å²) in [6, 6.07) is 9.82. The SMILES string of the molecule is N#Cc1ccccc1CSc1nnc(C2CCCCC2)o1. The van der Waals surface area contributed by atoms with Crippen LogP contribution in [0.5, 0.6) is 0 Å². The molecule has 0 unspecified atom stereocenters. The average molecular weight is 299 g/mol. The maximum atomic E-state index is 9.08. The Morgan fingerprint density at radius 2 is 2.00 bits per heavy atom. The normalized spacial score (nSPS) is 15.8. The number of hydrogen-bond donors (Lipinski definition) is 0. The number of benzene rings is 1. The average Bonchev–Trinajstić information content (AvgIpc) is 3.03. The molecule has 1 aliphatic carbocycles. The highest BCUT2D eigenvalue weighted by molar-refractivity contribution is 7.98. The lowest BCUT2D eigenvalue weighted by atomic mass is 9.89. The molecule has 1 fully saturated rings. The summed E-state index contributed by atoms with van der Waals surface area (Å²) >= 11 is 1.50. The fourth-order valence-corrected chi connectivity index (χ4v) is 3.46. The van der Waals surface area contributed by atoms with E-state index >= 15 is 0 Å². The summed E-state index contributed by atoms with van der Waals surface area (Å²) < 4.78 is 5.78. The summed E-state index contributed by atoms with van der Waals surface area (Å²) in [5.74, 6) is 1.90. The van der Waals surface area contributed by atoms with Crippen molar-refractivity contribution in [2.45, 2.75) is 49.0 Å². The number of hydrogen-bond acceptors (Lipinski definition) is 5. The first-order valence-corrected chi connectivity index (χ1v) is 8.29. The van der Waals surface area contributed by atoms with Crippen LogP contribution in [0.25, 0.3) is 0 Å². The molecule has 0 N–H and O–H groups in total. The fraction of sp³-hybridized carbons (Fsp3) is 0.438. The Kier molecular flexibility index (Phi) is 4.56. The number of nitriles is 1. The van der Waals surface area contributed by atoms with Crippen LogP contribution in [0, 0.1) is 11.3 Å². The van der Waals surface area contributed by atoms with Gasteiger partial charge in [-0.3, -0.25) is 0 Å². The molecule has 2 aromatic rings. The lowest BCUT2D eigenvalue weighted by Gasteiger charge is -2.17. The van der Waals surface area contributed by atoms with Gasteiger partial charge in [0.15, 0.2) is 0 Å². The minimum atomic E-state index is 0.437. The molecule has 1 aromatic heterocycles. The van der Waals surface area contributed by atoms with Crippen molar-refractivity contribution in [1.82, 2.24) is 10.2 Å². The standard InChI is InChI=1S/C16H17N3OS/c17-10-13-8-4-5-9-14(13)11-21-16-19-18-15(20-16)12-6-2-1-3-7-12/h4-5,8-9,12H,1-3,6-7,11H2. The van der Waals surface area contributed by atoms with Crippen LogP contribution in [-0.4, -0.2) is 10.2 Å². The zero-order chi connectivity index (χ0) is 14.5. The number of rotatable bonds is 4. The predicted molar refractivity (Wildman–Crippen MR) is 80.8 cm³/mol. The maximum absolute atomic E-state index is 9.08. The van der Waals surface area contributed by atoms with E-state index in [1.54, 1.807) is 0 Å². The summed E-state index contributed by atoms with van der Waals surface area (Å²) in [5, 5.41) is 18.0. The van der Waals surface area contributed by atoms with E-state index in [1.807, 2.05) is 24.3 Å². The monoisotopic (exact) mass is 299 g/mol. The molecule has 1 heterocycles. The number of aromatic nitrogens is 2. The van der Waals surface area contributed by atoms with Crippen molar-refractivity contribution in [3.8, 4) is 6.07 Å². The molecule has 0 aliphatic heterocycles. The van der Waals surface area contributed by atoms with Crippen LogP contribution in [0.15, 0.2) is 33.9 Å². The van der Waals surface area contributed by atoms with E-state index in [1.165, 1.54) is 31.0 Å². The predicted octanol–water partition coefficient (Wildman–Crippen LogP) is 4.28. The molecule has 0 amide bonds. The van der Waals surface area contributed by atoms with E-state index in [-0.39, 0.29) is 0 Å². The van der Waals surface area contributed by atoms with E-state index in [0.29, 0.717) is 22.5 Å². The molecule has 4 nitrogen and oxygen atoms in total. The molecule has 0 bridgehead atoms. The molecule has 0 spiro atoms. The lowest BCUT2D eigenvalue weighted by molar-refractivity contribution is 0.334. The van der Waals surface area contributed by atoms with Gasteiger partial charge in [-0.2, -0.15) is 5.26 Å². The molecule has 0 saturated heterocycles. The highest BCUT2D eigenvalue weighted by Crippen LogP contribution is 2.33. The van der Waals surface area contributed by atoms with E-state index in [9.17, 15) is 0 Å². The van der Waals surface area contributed by atoms with Crippen LogP contribution in [0.2, 0.25) is 0 Å². The zero-order valence-electron chi connectivity index (χ0n) is 11.8. The van der Waals surface area contributed by atoms with Crippen LogP contribution < -0.4 is 0 Å². The fourth-order valence-electron chi connectivity index (χ4n) is 2.69. The zero-order valence-corrected chi connectivity index (χ0v) is 12.6. The van der Waals surface area contributed by atoms with E-state index in [0.717, 1.165) is 24.3 Å². The molecule has 5 heteroatoms. The van der Waals surface area contributed by atoms with Crippen LogP contribution in [0.3, 0.4) is 0 Å². The quantitative estimate of drug-likeness (QED) is 0.788. The first kappa shape index (κ1) is 14.2. The lowest BCUT2D eigenvalue weighted by Crippen LogP contribution is -2.04. The molecule has 21 heavy (non-hydrogen) atoms. The Labute approximate surface area is 128 Å². The second-order valence-corrected chi connectivity index (χ2v) is 6.23. The molecule has 108 valence electrons. The Morgan fingerprint density at radius 3 is 2.81 bits per heavy atom. The van der Waals surface area contributed by atoms with E-state index in [2.05, 4.69) is 16.3 Å². The third-order valence-corrected chi connectivity index (χ3v) is 4.73. The second kappa shape index (κ2) is 6.77. The molecule has 0 radical (unpaired) electrons. The summed E-state index contributed by atoms with van der Waals surface area (Å²) in [6.07, 6.45) is 6.14. The van der Waals surface area contributed by atoms with Gasteiger partial charge in [-0.25, -0.2) is 0 Å². The third-order valence-electron chi connectivity index (χ3n) is 3.87. The van der Waals surface area contributed by atoms with Gasteiger partial charge in [-0.05, 0) is 24.5 Å². The summed E-state index contributed by atoms with van der Waals surface area (Å²) in [6.45, 7) is 0. The Hall–Kier alpha value is -1.80. The van der Waals surface area contributed by atoms with Crippen LogP contribution in [0.4, 0.5) is 0 Å². The van der Waals surface area contributed by atoms with Gasteiger partial charge >= 0.3 is 0 Å². The van der Waals surface area contributed by atoms with Crippen molar-refractivity contribution in [1.29, 1.82) is 5.26 Å². The van der Waals surface area contributed by atoms with E-state index < -0.39 is 0 Å². The largest absolute Gasteiger partial charge is 0.416 e. The molecule has 1 saturated carbocycles. The van der Waals surface area contributed by atoms with Crippen molar-refractivity contribution in [2.24, 2.45) is 0 Å². The number of nitrogens with zero attached hydrogens (tertiary/aromatic N) is 3. The van der Waals surface area contributed by atoms with Crippen LogP contribution >= 0.6 is 11.8 Å².